The molecule has 3 rings (SSSR count). The molecule has 0 bridgehead atoms. The number of hydrogen-bond acceptors (Lipinski definition) is 2. The third-order valence-corrected chi connectivity index (χ3v) is 3.99. The fourth-order valence-corrected chi connectivity index (χ4v) is 2.87. The van der Waals surface area contributed by atoms with E-state index in [4.69, 9.17) is 4.99 Å². The van der Waals surface area contributed by atoms with Crippen molar-refractivity contribution < 1.29 is 0 Å². The third kappa shape index (κ3) is 3.83. The van der Waals surface area contributed by atoms with Crippen LogP contribution in [0, 0.1) is 0 Å². The lowest BCUT2D eigenvalue weighted by molar-refractivity contribution is 1.47. The van der Waals surface area contributed by atoms with Gasteiger partial charge in [0.2, 0.25) is 0 Å². The molecule has 0 aliphatic rings. The van der Waals surface area contributed by atoms with Crippen molar-refractivity contribution in [3.63, 3.8) is 0 Å². The second kappa shape index (κ2) is 6.91. The number of thioether (sulfide) groups is 1. The molecular formula is C19H15NS. The van der Waals surface area contributed by atoms with E-state index in [2.05, 4.69) is 24.3 Å². The molecule has 2 heteroatoms. The van der Waals surface area contributed by atoms with Crippen LogP contribution in [0.4, 0.5) is 5.69 Å². The summed E-state index contributed by atoms with van der Waals surface area (Å²) >= 11 is 1.69. The average Bonchev–Trinajstić information content (AvgIpc) is 2.57. The molecule has 0 heterocycles. The molecule has 0 amide bonds. The first-order valence-electron chi connectivity index (χ1n) is 6.84. The first-order chi connectivity index (χ1) is 10.4. The molecule has 102 valence electrons. The Morgan fingerprint density at radius 1 is 0.619 bits per heavy atom. The number of nitrogens with zero attached hydrogens (tertiary/aromatic N) is 1. The zero-order valence-electron chi connectivity index (χ0n) is 11.5. The topological polar surface area (TPSA) is 12.4 Å². The Labute approximate surface area is 129 Å². The molecule has 1 nitrogen and oxygen atoms in total. The van der Waals surface area contributed by atoms with Crippen molar-refractivity contribution in [1.29, 1.82) is 0 Å². The number of aliphatic imine (C=N–C) groups is 1. The summed E-state index contributed by atoms with van der Waals surface area (Å²) in [6.07, 6.45) is 0. The zero-order valence-corrected chi connectivity index (χ0v) is 12.3. The first-order valence-corrected chi connectivity index (χ1v) is 7.65. The van der Waals surface area contributed by atoms with Gasteiger partial charge in [-0.05, 0) is 24.3 Å². The summed E-state index contributed by atoms with van der Waals surface area (Å²) in [4.78, 5) is 5.99. The van der Waals surface area contributed by atoms with E-state index in [9.17, 15) is 0 Å². The highest BCUT2D eigenvalue weighted by Crippen LogP contribution is 2.26. The monoisotopic (exact) mass is 289 g/mol. The molecule has 0 aliphatic carbocycles. The van der Waals surface area contributed by atoms with Crippen molar-refractivity contribution >= 4 is 22.5 Å². The molecule has 0 radical (unpaired) electrons. The van der Waals surface area contributed by atoms with Crippen molar-refractivity contribution in [2.75, 3.05) is 0 Å². The highest BCUT2D eigenvalue weighted by atomic mass is 32.2. The number of hydrogen-bond donors (Lipinski definition) is 0. The van der Waals surface area contributed by atoms with Gasteiger partial charge in [-0.15, -0.1) is 0 Å². The molecule has 0 aliphatic heterocycles. The Bertz CT molecular complexity index is 706. The standard InChI is InChI=1S/C19H15NS/c1-4-10-16(11-5-1)19(20-17-12-6-2-7-13-17)21-18-14-8-3-9-15-18/h1-15H. The van der Waals surface area contributed by atoms with Crippen LogP contribution in [-0.4, -0.2) is 5.04 Å². The van der Waals surface area contributed by atoms with Crippen LogP contribution in [0.3, 0.4) is 0 Å². The molecule has 0 fully saturated rings. The smallest absolute Gasteiger partial charge is 0.109 e. The number of para-hydroxylation sites is 1. The Morgan fingerprint density at radius 2 is 1.14 bits per heavy atom. The molecule has 0 atom stereocenters. The van der Waals surface area contributed by atoms with Gasteiger partial charge in [0.25, 0.3) is 0 Å². The van der Waals surface area contributed by atoms with Crippen LogP contribution in [0.25, 0.3) is 0 Å². The van der Waals surface area contributed by atoms with Gasteiger partial charge < -0.3 is 0 Å². The van der Waals surface area contributed by atoms with E-state index in [1.807, 2.05) is 66.7 Å². The first kappa shape index (κ1) is 13.7. The van der Waals surface area contributed by atoms with E-state index < -0.39 is 0 Å². The van der Waals surface area contributed by atoms with Gasteiger partial charge >= 0.3 is 0 Å². The van der Waals surface area contributed by atoms with Gasteiger partial charge in [0.15, 0.2) is 0 Å². The largest absolute Gasteiger partial charge is 0.241 e. The summed E-state index contributed by atoms with van der Waals surface area (Å²) in [5.74, 6) is 0. The zero-order chi connectivity index (χ0) is 14.3. The Morgan fingerprint density at radius 3 is 1.76 bits per heavy atom. The van der Waals surface area contributed by atoms with Crippen LogP contribution in [0.5, 0.6) is 0 Å². The predicted molar refractivity (Wildman–Crippen MR) is 91.4 cm³/mol. The third-order valence-electron chi connectivity index (χ3n) is 2.97. The molecule has 3 aromatic rings. The molecule has 0 spiro atoms. The van der Waals surface area contributed by atoms with Crippen LogP contribution < -0.4 is 0 Å². The molecule has 0 saturated carbocycles. The van der Waals surface area contributed by atoms with Gasteiger partial charge in [0, 0.05) is 10.5 Å². The fourth-order valence-electron chi connectivity index (χ4n) is 1.95. The molecule has 0 N–H and O–H groups in total. The predicted octanol–water partition coefficient (Wildman–Crippen LogP) is 5.56. The Hall–Kier alpha value is -2.32. The summed E-state index contributed by atoms with van der Waals surface area (Å²) in [6.45, 7) is 0. The molecule has 3 aromatic carbocycles. The van der Waals surface area contributed by atoms with E-state index in [0.717, 1.165) is 16.3 Å². The lowest BCUT2D eigenvalue weighted by Gasteiger charge is -2.07. The molecule has 0 saturated heterocycles. The maximum atomic E-state index is 4.80. The lowest BCUT2D eigenvalue weighted by atomic mass is 10.2. The summed E-state index contributed by atoms with van der Waals surface area (Å²) in [5, 5.41) is 1.01. The average molecular weight is 289 g/mol. The van der Waals surface area contributed by atoms with Gasteiger partial charge in [-0.1, -0.05) is 78.5 Å². The van der Waals surface area contributed by atoms with Gasteiger partial charge in [0.1, 0.15) is 5.04 Å². The maximum Gasteiger partial charge on any atom is 0.109 e. The molecular weight excluding hydrogens is 274 g/mol. The van der Waals surface area contributed by atoms with E-state index >= 15 is 0 Å². The Kier molecular flexibility index (Phi) is 4.49. The molecule has 0 aromatic heterocycles. The van der Waals surface area contributed by atoms with Crippen molar-refractivity contribution in [3.05, 3.63) is 96.6 Å². The van der Waals surface area contributed by atoms with Crippen LogP contribution in [-0.2, 0) is 0 Å². The SMILES string of the molecule is c1ccc(N=C(Sc2ccccc2)c2ccccc2)cc1. The highest BCUT2D eigenvalue weighted by molar-refractivity contribution is 8.14. The van der Waals surface area contributed by atoms with Gasteiger partial charge in [-0.3, -0.25) is 0 Å². The van der Waals surface area contributed by atoms with Gasteiger partial charge in [0.05, 0.1) is 5.69 Å². The fraction of sp³-hybridized carbons (Fsp3) is 0. The summed E-state index contributed by atoms with van der Waals surface area (Å²) in [6, 6.07) is 30.7. The van der Waals surface area contributed by atoms with E-state index in [-0.39, 0.29) is 0 Å². The van der Waals surface area contributed by atoms with Crippen molar-refractivity contribution in [3.8, 4) is 0 Å². The van der Waals surface area contributed by atoms with E-state index in [1.54, 1.807) is 11.8 Å². The van der Waals surface area contributed by atoms with Crippen molar-refractivity contribution in [2.24, 2.45) is 4.99 Å². The Balaban J connectivity index is 1.97. The van der Waals surface area contributed by atoms with E-state index in [1.165, 1.54) is 4.90 Å². The number of benzene rings is 3. The quantitative estimate of drug-likeness (QED) is 0.349. The van der Waals surface area contributed by atoms with Crippen LogP contribution in [0.15, 0.2) is 101 Å². The second-order valence-electron chi connectivity index (χ2n) is 4.53. The van der Waals surface area contributed by atoms with Crippen molar-refractivity contribution in [2.45, 2.75) is 4.90 Å². The van der Waals surface area contributed by atoms with Gasteiger partial charge in [-0.25, -0.2) is 4.99 Å². The molecule has 0 unspecified atom stereocenters. The van der Waals surface area contributed by atoms with Crippen LogP contribution in [0.2, 0.25) is 0 Å². The lowest BCUT2D eigenvalue weighted by Crippen LogP contribution is -1.94. The summed E-state index contributed by atoms with van der Waals surface area (Å²) in [5.41, 5.74) is 2.11. The minimum atomic E-state index is 0.972. The summed E-state index contributed by atoms with van der Waals surface area (Å²) in [7, 11) is 0. The van der Waals surface area contributed by atoms with Crippen molar-refractivity contribution in [1.82, 2.24) is 0 Å². The van der Waals surface area contributed by atoms with Crippen LogP contribution >= 0.6 is 11.8 Å². The summed E-state index contributed by atoms with van der Waals surface area (Å²) < 4.78 is 0. The normalized spacial score (nSPS) is 11.3. The minimum absolute atomic E-state index is 0.972. The van der Waals surface area contributed by atoms with E-state index in [0.29, 0.717) is 0 Å². The van der Waals surface area contributed by atoms with Crippen LogP contribution in [0.1, 0.15) is 5.56 Å². The molecule has 21 heavy (non-hydrogen) atoms. The highest BCUT2D eigenvalue weighted by Gasteiger charge is 2.06. The van der Waals surface area contributed by atoms with Gasteiger partial charge in [-0.2, -0.15) is 0 Å². The maximum absolute atomic E-state index is 4.80. The number of rotatable bonds is 3. The second-order valence-corrected chi connectivity index (χ2v) is 5.60. The minimum Gasteiger partial charge on any atom is -0.241 e.